The van der Waals surface area contributed by atoms with Crippen molar-refractivity contribution in [2.24, 2.45) is 11.1 Å². The van der Waals surface area contributed by atoms with Gasteiger partial charge < -0.3 is 20.5 Å². The van der Waals surface area contributed by atoms with E-state index in [-0.39, 0.29) is 12.0 Å². The minimum atomic E-state index is -0.467. The lowest BCUT2D eigenvalue weighted by Gasteiger charge is -2.41. The quantitative estimate of drug-likeness (QED) is 0.827. The molecule has 1 aliphatic heterocycles. The van der Waals surface area contributed by atoms with E-state index < -0.39 is 5.91 Å². The molecule has 6 heteroatoms. The minimum absolute atomic E-state index is 0.137. The number of piperidine rings is 1. The first kappa shape index (κ1) is 18.2. The van der Waals surface area contributed by atoms with Gasteiger partial charge in [-0.25, -0.2) is 4.98 Å². The molecule has 1 aromatic heterocycles. The first-order valence-electron chi connectivity index (χ1n) is 8.80. The lowest BCUT2D eigenvalue weighted by molar-refractivity contribution is 0.0955. The Balaban J connectivity index is 1.71. The molecule has 1 amide bonds. The Morgan fingerprint density at radius 3 is 2.54 bits per heavy atom. The maximum atomic E-state index is 11.6. The van der Waals surface area contributed by atoms with Crippen molar-refractivity contribution < 1.29 is 14.6 Å². The zero-order valence-corrected chi connectivity index (χ0v) is 15.0. The van der Waals surface area contributed by atoms with Gasteiger partial charge in [-0.1, -0.05) is 12.1 Å². The monoisotopic (exact) mass is 355 g/mol. The predicted octanol–water partition coefficient (Wildman–Crippen LogP) is 2.01. The van der Waals surface area contributed by atoms with Gasteiger partial charge in [-0.15, -0.1) is 0 Å². The standard InChI is InChI=1S/C20H25N3O3/c1-26-16-6-4-15(5-7-16)13-20(14-24)8-11-23(12-9-20)19-17(18(21)25)3-2-10-22-19/h2-7,10,24H,8-9,11-14H2,1H3,(H2,21,25). The van der Waals surface area contributed by atoms with Gasteiger partial charge in [0.15, 0.2) is 0 Å². The Bertz CT molecular complexity index is 753. The smallest absolute Gasteiger partial charge is 0.252 e. The lowest BCUT2D eigenvalue weighted by Crippen LogP contribution is -2.44. The van der Waals surface area contributed by atoms with Crippen LogP contribution in [0.2, 0.25) is 0 Å². The van der Waals surface area contributed by atoms with Gasteiger partial charge in [-0.3, -0.25) is 4.79 Å². The zero-order chi connectivity index (χ0) is 18.6. The second-order valence-electron chi connectivity index (χ2n) is 6.91. The number of anilines is 1. The number of carbonyl (C=O) groups is 1. The van der Waals surface area contributed by atoms with Crippen LogP contribution in [0.15, 0.2) is 42.6 Å². The molecule has 0 aliphatic carbocycles. The number of carbonyl (C=O) groups excluding carboxylic acids is 1. The van der Waals surface area contributed by atoms with Crippen LogP contribution in [0.25, 0.3) is 0 Å². The molecule has 1 saturated heterocycles. The number of pyridine rings is 1. The molecule has 1 aromatic carbocycles. The molecular weight excluding hydrogens is 330 g/mol. The van der Waals surface area contributed by atoms with Crippen LogP contribution in [0.1, 0.15) is 28.8 Å². The van der Waals surface area contributed by atoms with Crippen molar-refractivity contribution in [3.63, 3.8) is 0 Å². The van der Waals surface area contributed by atoms with Crippen LogP contribution < -0.4 is 15.4 Å². The molecule has 3 rings (SSSR count). The van der Waals surface area contributed by atoms with E-state index in [9.17, 15) is 9.90 Å². The van der Waals surface area contributed by atoms with Crippen LogP contribution in [-0.4, -0.2) is 42.8 Å². The molecular formula is C20H25N3O3. The second kappa shape index (κ2) is 7.74. The molecule has 2 aromatic rings. The average Bonchev–Trinajstić information content (AvgIpc) is 2.69. The van der Waals surface area contributed by atoms with Crippen LogP contribution in [0.4, 0.5) is 5.82 Å². The minimum Gasteiger partial charge on any atom is -0.497 e. The number of hydrogen-bond donors (Lipinski definition) is 2. The summed E-state index contributed by atoms with van der Waals surface area (Å²) in [5.74, 6) is 0.997. The largest absolute Gasteiger partial charge is 0.497 e. The van der Waals surface area contributed by atoms with Crippen molar-refractivity contribution in [3.8, 4) is 5.75 Å². The van der Waals surface area contributed by atoms with Gasteiger partial charge in [-0.05, 0) is 49.1 Å². The summed E-state index contributed by atoms with van der Waals surface area (Å²) in [4.78, 5) is 18.1. The highest BCUT2D eigenvalue weighted by Gasteiger charge is 2.35. The van der Waals surface area contributed by atoms with Crippen molar-refractivity contribution in [1.29, 1.82) is 0 Å². The zero-order valence-electron chi connectivity index (χ0n) is 15.0. The highest BCUT2D eigenvalue weighted by atomic mass is 16.5. The SMILES string of the molecule is COc1ccc(CC2(CO)CCN(c3ncccc3C(N)=O)CC2)cc1. The number of nitrogens with zero attached hydrogens (tertiary/aromatic N) is 2. The van der Waals surface area contributed by atoms with Crippen LogP contribution in [-0.2, 0) is 6.42 Å². The van der Waals surface area contributed by atoms with E-state index in [1.54, 1.807) is 25.4 Å². The van der Waals surface area contributed by atoms with Crippen LogP contribution in [0.5, 0.6) is 5.75 Å². The van der Waals surface area contributed by atoms with E-state index in [1.807, 2.05) is 24.3 Å². The summed E-state index contributed by atoms with van der Waals surface area (Å²) in [5.41, 5.74) is 6.94. The number of rotatable bonds is 6. The fraction of sp³-hybridized carbons (Fsp3) is 0.400. The number of ether oxygens (including phenoxy) is 1. The van der Waals surface area contributed by atoms with Crippen molar-refractivity contribution in [2.45, 2.75) is 19.3 Å². The predicted molar refractivity (Wildman–Crippen MR) is 100 cm³/mol. The van der Waals surface area contributed by atoms with Gasteiger partial charge >= 0.3 is 0 Å². The van der Waals surface area contributed by atoms with Crippen molar-refractivity contribution >= 4 is 11.7 Å². The van der Waals surface area contributed by atoms with E-state index in [0.717, 1.165) is 38.1 Å². The molecule has 0 saturated carbocycles. The first-order chi connectivity index (χ1) is 12.6. The normalized spacial score (nSPS) is 16.3. The van der Waals surface area contributed by atoms with Gasteiger partial charge in [0, 0.05) is 31.3 Å². The summed E-state index contributed by atoms with van der Waals surface area (Å²) >= 11 is 0. The Kier molecular flexibility index (Phi) is 5.42. The molecule has 6 nitrogen and oxygen atoms in total. The van der Waals surface area contributed by atoms with E-state index in [1.165, 1.54) is 5.56 Å². The third kappa shape index (κ3) is 3.80. The number of primary amides is 1. The number of benzene rings is 1. The third-order valence-corrected chi connectivity index (χ3v) is 5.25. The maximum absolute atomic E-state index is 11.6. The van der Waals surface area contributed by atoms with Crippen LogP contribution >= 0.6 is 0 Å². The third-order valence-electron chi connectivity index (χ3n) is 5.25. The summed E-state index contributed by atoms with van der Waals surface area (Å²) < 4.78 is 5.20. The molecule has 0 radical (unpaired) electrons. The van der Waals surface area contributed by atoms with Gasteiger partial charge in [0.2, 0.25) is 0 Å². The Morgan fingerprint density at radius 2 is 1.96 bits per heavy atom. The molecule has 0 spiro atoms. The van der Waals surface area contributed by atoms with Crippen LogP contribution in [0.3, 0.4) is 0 Å². The number of aliphatic hydroxyl groups excluding tert-OH is 1. The maximum Gasteiger partial charge on any atom is 0.252 e. The lowest BCUT2D eigenvalue weighted by atomic mass is 9.74. The van der Waals surface area contributed by atoms with Crippen molar-refractivity contribution in [1.82, 2.24) is 4.98 Å². The Morgan fingerprint density at radius 1 is 1.27 bits per heavy atom. The van der Waals surface area contributed by atoms with Gasteiger partial charge in [0.05, 0.1) is 12.7 Å². The fourth-order valence-corrected chi connectivity index (χ4v) is 3.60. The molecule has 1 aliphatic rings. The first-order valence-corrected chi connectivity index (χ1v) is 8.80. The molecule has 0 unspecified atom stereocenters. The fourth-order valence-electron chi connectivity index (χ4n) is 3.60. The van der Waals surface area contributed by atoms with Crippen molar-refractivity contribution in [2.75, 3.05) is 31.7 Å². The number of methoxy groups -OCH3 is 1. The summed E-state index contributed by atoms with van der Waals surface area (Å²) in [6, 6.07) is 11.4. The average molecular weight is 355 g/mol. The highest BCUT2D eigenvalue weighted by Crippen LogP contribution is 2.36. The number of nitrogens with two attached hydrogens (primary N) is 1. The molecule has 26 heavy (non-hydrogen) atoms. The van der Waals surface area contributed by atoms with Crippen LogP contribution in [0, 0.1) is 5.41 Å². The molecule has 3 N–H and O–H groups in total. The van der Waals surface area contributed by atoms with E-state index in [2.05, 4.69) is 9.88 Å². The van der Waals surface area contributed by atoms with Gasteiger partial charge in [0.1, 0.15) is 11.6 Å². The molecule has 138 valence electrons. The highest BCUT2D eigenvalue weighted by molar-refractivity contribution is 5.97. The summed E-state index contributed by atoms with van der Waals surface area (Å²) in [5, 5.41) is 10.1. The Labute approximate surface area is 153 Å². The number of amides is 1. The number of hydrogen-bond acceptors (Lipinski definition) is 5. The summed E-state index contributed by atoms with van der Waals surface area (Å²) in [7, 11) is 1.65. The van der Waals surface area contributed by atoms with Gasteiger partial charge in [0.25, 0.3) is 5.91 Å². The Hall–Kier alpha value is -2.60. The van der Waals surface area contributed by atoms with E-state index in [4.69, 9.17) is 10.5 Å². The molecule has 2 heterocycles. The van der Waals surface area contributed by atoms with E-state index >= 15 is 0 Å². The number of aromatic nitrogens is 1. The summed E-state index contributed by atoms with van der Waals surface area (Å²) in [6.45, 7) is 1.60. The number of aliphatic hydroxyl groups is 1. The molecule has 1 fully saturated rings. The van der Waals surface area contributed by atoms with E-state index in [0.29, 0.717) is 11.4 Å². The van der Waals surface area contributed by atoms with Gasteiger partial charge in [-0.2, -0.15) is 0 Å². The topological polar surface area (TPSA) is 88.7 Å². The van der Waals surface area contributed by atoms with Crippen molar-refractivity contribution in [3.05, 3.63) is 53.7 Å². The molecule has 0 bridgehead atoms. The second-order valence-corrected chi connectivity index (χ2v) is 6.91. The molecule has 0 atom stereocenters. The summed E-state index contributed by atoms with van der Waals surface area (Å²) in [6.07, 6.45) is 4.13.